The molecule has 134 valence electrons. The van der Waals surface area contributed by atoms with Gasteiger partial charge in [0.25, 0.3) is 0 Å². The van der Waals surface area contributed by atoms with Crippen molar-refractivity contribution in [1.82, 2.24) is 19.4 Å². The molecule has 7 nitrogen and oxygen atoms in total. The van der Waals surface area contributed by atoms with Gasteiger partial charge in [0.2, 0.25) is 11.8 Å². The second kappa shape index (κ2) is 6.84. The van der Waals surface area contributed by atoms with E-state index in [4.69, 9.17) is 5.73 Å². The van der Waals surface area contributed by atoms with E-state index in [-0.39, 0.29) is 11.8 Å². The Bertz CT molecular complexity index is 769. The predicted molar refractivity (Wildman–Crippen MR) is 95.8 cm³/mol. The molecule has 1 saturated heterocycles. The molecule has 0 saturated carbocycles. The van der Waals surface area contributed by atoms with Crippen molar-refractivity contribution in [2.45, 2.75) is 32.4 Å². The van der Waals surface area contributed by atoms with E-state index in [1.165, 1.54) is 0 Å². The van der Waals surface area contributed by atoms with Gasteiger partial charge in [-0.05, 0) is 26.0 Å². The van der Waals surface area contributed by atoms with Gasteiger partial charge in [-0.1, -0.05) is 0 Å². The monoisotopic (exact) mass is 343 g/mol. The van der Waals surface area contributed by atoms with Crippen LogP contribution in [0.5, 0.6) is 0 Å². The number of hydrogen-bond acceptors (Lipinski definition) is 4. The van der Waals surface area contributed by atoms with Gasteiger partial charge in [-0.2, -0.15) is 0 Å². The molecule has 7 heteroatoms. The van der Waals surface area contributed by atoms with Crippen LogP contribution in [-0.4, -0.2) is 62.9 Å². The first kappa shape index (κ1) is 17.4. The number of hydrogen-bond donors (Lipinski definition) is 1. The third kappa shape index (κ3) is 3.82. The molecule has 0 atom stereocenters. The molecule has 25 heavy (non-hydrogen) atoms. The third-order valence-electron chi connectivity index (χ3n) is 4.61. The smallest absolute Gasteiger partial charge is 0.242 e. The average Bonchev–Trinajstić information content (AvgIpc) is 3.01. The van der Waals surface area contributed by atoms with Gasteiger partial charge in [0.15, 0.2) is 0 Å². The fourth-order valence-electron chi connectivity index (χ4n) is 3.16. The number of nitrogens with two attached hydrogens (primary N) is 1. The van der Waals surface area contributed by atoms with Crippen molar-refractivity contribution in [2.75, 3.05) is 26.2 Å². The highest BCUT2D eigenvalue weighted by Gasteiger charge is 2.31. The van der Waals surface area contributed by atoms with E-state index in [0.29, 0.717) is 39.1 Å². The highest BCUT2D eigenvalue weighted by molar-refractivity contribution is 5.85. The van der Waals surface area contributed by atoms with E-state index >= 15 is 0 Å². The predicted octanol–water partition coefficient (Wildman–Crippen LogP) is 0.835. The zero-order valence-corrected chi connectivity index (χ0v) is 14.8. The van der Waals surface area contributed by atoms with Crippen LogP contribution in [-0.2, 0) is 16.1 Å². The van der Waals surface area contributed by atoms with E-state index in [9.17, 15) is 9.59 Å². The lowest BCUT2D eigenvalue weighted by molar-refractivity contribution is -0.142. The highest BCUT2D eigenvalue weighted by Crippen LogP contribution is 2.15. The molecule has 1 aliphatic heterocycles. The summed E-state index contributed by atoms with van der Waals surface area (Å²) < 4.78 is 2.05. The molecule has 1 fully saturated rings. The lowest BCUT2D eigenvalue weighted by Gasteiger charge is -2.37. The Morgan fingerprint density at radius 3 is 2.52 bits per heavy atom. The summed E-state index contributed by atoms with van der Waals surface area (Å²) in [6, 6.07) is 3.99. The second-order valence-corrected chi connectivity index (χ2v) is 7.09. The van der Waals surface area contributed by atoms with Gasteiger partial charge in [-0.3, -0.25) is 14.6 Å². The average molecular weight is 343 g/mol. The van der Waals surface area contributed by atoms with Gasteiger partial charge >= 0.3 is 0 Å². The number of rotatable bonds is 4. The SMILES string of the molecule is CC(C)(N)C(=O)N1CCN(C(=O)CCn2ccc3ccncc32)CC1. The van der Waals surface area contributed by atoms with E-state index < -0.39 is 5.54 Å². The molecular formula is C18H25N5O2. The van der Waals surface area contributed by atoms with Crippen molar-refractivity contribution >= 4 is 22.7 Å². The number of amides is 2. The van der Waals surface area contributed by atoms with Crippen molar-refractivity contribution in [3.63, 3.8) is 0 Å². The Labute approximate surface area is 147 Å². The normalized spacial score (nSPS) is 15.6. The van der Waals surface area contributed by atoms with Gasteiger partial charge in [-0.25, -0.2) is 0 Å². The standard InChI is InChI=1S/C18H25N5O2/c1-18(2,19)17(25)23-11-9-22(10-12-23)16(24)5-8-21-7-4-14-3-6-20-13-15(14)21/h3-4,6-7,13H,5,8-12,19H2,1-2H3. The zero-order valence-electron chi connectivity index (χ0n) is 14.8. The number of aryl methyl sites for hydroxylation is 1. The quantitative estimate of drug-likeness (QED) is 0.891. The van der Waals surface area contributed by atoms with Gasteiger partial charge in [0.1, 0.15) is 0 Å². The number of aromatic nitrogens is 2. The maximum atomic E-state index is 12.5. The first-order valence-corrected chi connectivity index (χ1v) is 8.61. The van der Waals surface area contributed by atoms with Crippen molar-refractivity contribution in [3.8, 4) is 0 Å². The van der Waals surface area contributed by atoms with Gasteiger partial charge in [0.05, 0.1) is 17.3 Å². The fraction of sp³-hybridized carbons (Fsp3) is 0.500. The topological polar surface area (TPSA) is 84.5 Å². The molecule has 0 aromatic carbocycles. The molecule has 0 bridgehead atoms. The molecular weight excluding hydrogens is 318 g/mol. The Morgan fingerprint density at radius 2 is 1.84 bits per heavy atom. The maximum Gasteiger partial charge on any atom is 0.242 e. The minimum Gasteiger partial charge on any atom is -0.346 e. The molecule has 2 N–H and O–H groups in total. The number of carbonyl (C=O) groups excluding carboxylic acids is 2. The fourth-order valence-corrected chi connectivity index (χ4v) is 3.16. The van der Waals surface area contributed by atoms with Crippen molar-refractivity contribution in [1.29, 1.82) is 0 Å². The molecule has 0 spiro atoms. The number of nitrogens with zero attached hydrogens (tertiary/aromatic N) is 4. The van der Waals surface area contributed by atoms with Crippen molar-refractivity contribution in [3.05, 3.63) is 30.7 Å². The van der Waals surface area contributed by atoms with Gasteiger partial charge < -0.3 is 20.1 Å². The van der Waals surface area contributed by atoms with Crippen LogP contribution in [0.1, 0.15) is 20.3 Å². The minimum atomic E-state index is -0.865. The Kier molecular flexibility index (Phi) is 4.76. The van der Waals surface area contributed by atoms with E-state index in [1.54, 1.807) is 24.9 Å². The first-order chi connectivity index (χ1) is 11.9. The molecule has 1 aliphatic rings. The molecule has 3 heterocycles. The number of pyridine rings is 1. The lowest BCUT2D eigenvalue weighted by Crippen LogP contribution is -2.57. The molecule has 2 amide bonds. The van der Waals surface area contributed by atoms with Gasteiger partial charge in [0, 0.05) is 56.9 Å². The van der Waals surface area contributed by atoms with Crippen LogP contribution in [0.25, 0.3) is 10.9 Å². The van der Waals surface area contributed by atoms with Crippen LogP contribution in [0.2, 0.25) is 0 Å². The minimum absolute atomic E-state index is 0.0640. The molecule has 0 unspecified atom stereocenters. The number of fused-ring (bicyclic) bond motifs is 1. The van der Waals surface area contributed by atoms with Crippen LogP contribution < -0.4 is 5.73 Å². The van der Waals surface area contributed by atoms with Gasteiger partial charge in [-0.15, -0.1) is 0 Å². The van der Waals surface area contributed by atoms with Crippen molar-refractivity contribution in [2.24, 2.45) is 5.73 Å². The molecule has 2 aromatic heterocycles. The summed E-state index contributed by atoms with van der Waals surface area (Å²) in [5.41, 5.74) is 6.04. The van der Waals surface area contributed by atoms with Crippen LogP contribution in [0.4, 0.5) is 0 Å². The maximum absolute atomic E-state index is 12.5. The summed E-state index contributed by atoms with van der Waals surface area (Å²) >= 11 is 0. The summed E-state index contributed by atoms with van der Waals surface area (Å²) in [7, 11) is 0. The van der Waals surface area contributed by atoms with Crippen LogP contribution in [0.3, 0.4) is 0 Å². The molecule has 2 aromatic rings. The van der Waals surface area contributed by atoms with Crippen LogP contribution in [0.15, 0.2) is 30.7 Å². The summed E-state index contributed by atoms with van der Waals surface area (Å²) in [6.07, 6.45) is 6.01. The van der Waals surface area contributed by atoms with Crippen molar-refractivity contribution < 1.29 is 9.59 Å². The van der Waals surface area contributed by atoms with E-state index in [1.807, 2.05) is 29.4 Å². The highest BCUT2D eigenvalue weighted by atomic mass is 16.2. The Morgan fingerprint density at radius 1 is 1.16 bits per heavy atom. The largest absolute Gasteiger partial charge is 0.346 e. The molecule has 0 radical (unpaired) electrons. The number of carbonyl (C=O) groups is 2. The lowest BCUT2D eigenvalue weighted by atomic mass is 10.0. The summed E-state index contributed by atoms with van der Waals surface area (Å²) in [4.78, 5) is 32.4. The van der Waals surface area contributed by atoms with E-state index in [0.717, 1.165) is 10.9 Å². The Hall–Kier alpha value is -2.41. The molecule has 3 rings (SSSR count). The first-order valence-electron chi connectivity index (χ1n) is 8.61. The third-order valence-corrected chi connectivity index (χ3v) is 4.61. The zero-order chi connectivity index (χ0) is 18.0. The summed E-state index contributed by atoms with van der Waals surface area (Å²) in [6.45, 7) is 6.27. The molecule has 0 aliphatic carbocycles. The summed E-state index contributed by atoms with van der Waals surface area (Å²) in [5, 5.41) is 1.12. The summed E-state index contributed by atoms with van der Waals surface area (Å²) in [5.74, 6) is 0.0516. The van der Waals surface area contributed by atoms with E-state index in [2.05, 4.69) is 9.55 Å². The number of piperazine rings is 1. The van der Waals surface area contributed by atoms with Crippen LogP contribution in [0, 0.1) is 0 Å². The van der Waals surface area contributed by atoms with Crippen LogP contribution >= 0.6 is 0 Å². The Balaban J connectivity index is 1.52. The second-order valence-electron chi connectivity index (χ2n) is 7.09.